The highest BCUT2D eigenvalue weighted by molar-refractivity contribution is 5.94. The second kappa shape index (κ2) is 9.44. The molecule has 28 heavy (non-hydrogen) atoms. The fourth-order valence-electron chi connectivity index (χ4n) is 3.57. The van der Waals surface area contributed by atoms with Crippen LogP contribution < -0.4 is 10.6 Å². The standard InChI is InChI=1S/C22H26FN3O2/c1-2-11-24-21(27)16-6-4-8-19(13-16)26-22(28)17-9-10-20(25-14-17)15-5-3-7-18(23)12-15/h3,5,7,9-10,12,14,16,19H,2,4,6,8,11,13H2,1H3,(H,24,27)(H,26,28)/t16-,19+/m0/s1. The second-order valence-corrected chi connectivity index (χ2v) is 7.27. The molecule has 1 aromatic heterocycles. The topological polar surface area (TPSA) is 71.1 Å². The molecule has 0 unspecified atom stereocenters. The predicted octanol–water partition coefficient (Wildman–Crippen LogP) is 3.70. The number of aromatic nitrogens is 1. The summed E-state index contributed by atoms with van der Waals surface area (Å²) >= 11 is 0. The zero-order valence-electron chi connectivity index (χ0n) is 16.1. The number of amides is 2. The predicted molar refractivity (Wildman–Crippen MR) is 106 cm³/mol. The Morgan fingerprint density at radius 2 is 2.07 bits per heavy atom. The van der Waals surface area contributed by atoms with Crippen LogP contribution in [0.3, 0.4) is 0 Å². The first-order valence-electron chi connectivity index (χ1n) is 9.87. The summed E-state index contributed by atoms with van der Waals surface area (Å²) in [6.07, 6.45) is 5.74. The van der Waals surface area contributed by atoms with Crippen LogP contribution in [0.25, 0.3) is 11.3 Å². The van der Waals surface area contributed by atoms with Crippen molar-refractivity contribution in [1.29, 1.82) is 0 Å². The van der Waals surface area contributed by atoms with Gasteiger partial charge in [-0.15, -0.1) is 0 Å². The first-order valence-corrected chi connectivity index (χ1v) is 9.87. The summed E-state index contributed by atoms with van der Waals surface area (Å²) in [6.45, 7) is 2.72. The molecular weight excluding hydrogens is 357 g/mol. The van der Waals surface area contributed by atoms with E-state index >= 15 is 0 Å². The van der Waals surface area contributed by atoms with Crippen LogP contribution in [-0.2, 0) is 4.79 Å². The van der Waals surface area contributed by atoms with Crippen LogP contribution in [-0.4, -0.2) is 29.4 Å². The fourth-order valence-corrected chi connectivity index (χ4v) is 3.57. The number of nitrogens with one attached hydrogen (secondary N) is 2. The lowest BCUT2D eigenvalue weighted by atomic mass is 9.85. The lowest BCUT2D eigenvalue weighted by Gasteiger charge is -2.29. The van der Waals surface area contributed by atoms with Crippen molar-refractivity contribution in [2.24, 2.45) is 5.92 Å². The Kier molecular flexibility index (Phi) is 6.74. The van der Waals surface area contributed by atoms with Crippen LogP contribution >= 0.6 is 0 Å². The summed E-state index contributed by atoms with van der Waals surface area (Å²) in [4.78, 5) is 29.0. The Bertz CT molecular complexity index is 823. The maximum absolute atomic E-state index is 13.4. The largest absolute Gasteiger partial charge is 0.356 e. The van der Waals surface area contributed by atoms with Crippen molar-refractivity contribution >= 4 is 11.8 Å². The van der Waals surface area contributed by atoms with Gasteiger partial charge in [0.05, 0.1) is 11.3 Å². The molecule has 1 saturated carbocycles. The van der Waals surface area contributed by atoms with Gasteiger partial charge < -0.3 is 10.6 Å². The van der Waals surface area contributed by atoms with E-state index in [2.05, 4.69) is 15.6 Å². The highest BCUT2D eigenvalue weighted by atomic mass is 19.1. The second-order valence-electron chi connectivity index (χ2n) is 7.27. The number of pyridine rings is 1. The van der Waals surface area contributed by atoms with E-state index in [0.717, 1.165) is 25.7 Å². The minimum absolute atomic E-state index is 0.0125. The molecule has 1 aromatic carbocycles. The molecule has 6 heteroatoms. The van der Waals surface area contributed by atoms with E-state index in [-0.39, 0.29) is 29.6 Å². The average Bonchev–Trinajstić information content (AvgIpc) is 2.72. The maximum Gasteiger partial charge on any atom is 0.253 e. The normalized spacial score (nSPS) is 19.1. The molecule has 1 heterocycles. The first kappa shape index (κ1) is 20.0. The van der Waals surface area contributed by atoms with E-state index in [1.165, 1.54) is 18.3 Å². The molecule has 5 nitrogen and oxygen atoms in total. The molecule has 2 N–H and O–H groups in total. The van der Waals surface area contributed by atoms with Crippen LogP contribution in [0.1, 0.15) is 49.4 Å². The number of rotatable bonds is 6. The summed E-state index contributed by atoms with van der Waals surface area (Å²) in [5, 5.41) is 5.97. The van der Waals surface area contributed by atoms with E-state index < -0.39 is 0 Å². The molecule has 0 saturated heterocycles. The Balaban J connectivity index is 1.59. The Hall–Kier alpha value is -2.76. The summed E-state index contributed by atoms with van der Waals surface area (Å²) in [7, 11) is 0. The molecule has 0 spiro atoms. The van der Waals surface area contributed by atoms with E-state index in [9.17, 15) is 14.0 Å². The van der Waals surface area contributed by atoms with Gasteiger partial charge in [-0.3, -0.25) is 14.6 Å². The van der Waals surface area contributed by atoms with Crippen LogP contribution in [0, 0.1) is 11.7 Å². The van der Waals surface area contributed by atoms with Crippen molar-refractivity contribution in [3.05, 3.63) is 54.0 Å². The maximum atomic E-state index is 13.4. The van der Waals surface area contributed by atoms with Gasteiger partial charge in [0.25, 0.3) is 5.91 Å². The van der Waals surface area contributed by atoms with Gasteiger partial charge >= 0.3 is 0 Å². The van der Waals surface area contributed by atoms with Crippen molar-refractivity contribution < 1.29 is 14.0 Å². The summed E-state index contributed by atoms with van der Waals surface area (Å²) in [5.41, 5.74) is 1.74. The zero-order chi connectivity index (χ0) is 19.9. The van der Waals surface area contributed by atoms with Gasteiger partial charge in [0.1, 0.15) is 5.82 Å². The zero-order valence-corrected chi connectivity index (χ0v) is 16.1. The number of carbonyl (C=O) groups excluding carboxylic acids is 2. The van der Waals surface area contributed by atoms with Crippen molar-refractivity contribution in [3.63, 3.8) is 0 Å². The Morgan fingerprint density at radius 3 is 2.79 bits per heavy atom. The number of halogens is 1. The SMILES string of the molecule is CCCNC(=O)[C@H]1CCC[C@@H](NC(=O)c2ccc(-c3cccc(F)c3)nc2)C1. The van der Waals surface area contributed by atoms with E-state index in [1.807, 2.05) is 6.92 Å². The quantitative estimate of drug-likeness (QED) is 0.799. The molecule has 3 rings (SSSR count). The highest BCUT2D eigenvalue weighted by Gasteiger charge is 2.28. The average molecular weight is 383 g/mol. The monoisotopic (exact) mass is 383 g/mol. The van der Waals surface area contributed by atoms with Gasteiger partial charge in [-0.1, -0.05) is 25.5 Å². The molecule has 1 fully saturated rings. The first-order chi connectivity index (χ1) is 13.6. The van der Waals surface area contributed by atoms with Gasteiger partial charge in [-0.2, -0.15) is 0 Å². The Labute approximate surface area is 164 Å². The van der Waals surface area contributed by atoms with Crippen molar-refractivity contribution in [2.75, 3.05) is 6.54 Å². The minimum Gasteiger partial charge on any atom is -0.356 e. The van der Waals surface area contributed by atoms with Crippen LogP contribution in [0.5, 0.6) is 0 Å². The smallest absolute Gasteiger partial charge is 0.253 e. The van der Waals surface area contributed by atoms with Crippen molar-refractivity contribution in [2.45, 2.75) is 45.1 Å². The van der Waals surface area contributed by atoms with Crippen molar-refractivity contribution in [3.8, 4) is 11.3 Å². The Morgan fingerprint density at radius 1 is 1.21 bits per heavy atom. The molecule has 1 aliphatic rings. The highest BCUT2D eigenvalue weighted by Crippen LogP contribution is 2.25. The third-order valence-corrected chi connectivity index (χ3v) is 5.08. The molecule has 2 aromatic rings. The van der Waals surface area contributed by atoms with Crippen LogP contribution in [0.2, 0.25) is 0 Å². The number of carbonyl (C=O) groups is 2. The van der Waals surface area contributed by atoms with Gasteiger partial charge in [0, 0.05) is 30.3 Å². The van der Waals surface area contributed by atoms with Crippen molar-refractivity contribution in [1.82, 2.24) is 15.6 Å². The molecule has 0 aliphatic heterocycles. The van der Waals surface area contributed by atoms with Crippen LogP contribution in [0.15, 0.2) is 42.6 Å². The molecular formula is C22H26FN3O2. The fraction of sp³-hybridized carbons (Fsp3) is 0.409. The number of hydrogen-bond donors (Lipinski definition) is 2. The molecule has 0 radical (unpaired) electrons. The molecule has 2 atom stereocenters. The third-order valence-electron chi connectivity index (χ3n) is 5.08. The number of nitrogens with zero attached hydrogens (tertiary/aromatic N) is 1. The molecule has 1 aliphatic carbocycles. The van der Waals surface area contributed by atoms with E-state index in [1.54, 1.807) is 24.3 Å². The number of hydrogen-bond acceptors (Lipinski definition) is 3. The third kappa shape index (κ3) is 5.15. The van der Waals surface area contributed by atoms with Gasteiger partial charge in [-0.05, 0) is 49.9 Å². The molecule has 0 bridgehead atoms. The summed E-state index contributed by atoms with van der Waals surface area (Å²) in [6, 6.07) is 9.59. The summed E-state index contributed by atoms with van der Waals surface area (Å²) < 4.78 is 13.4. The lowest BCUT2D eigenvalue weighted by Crippen LogP contribution is -2.42. The number of benzene rings is 1. The van der Waals surface area contributed by atoms with Crippen LogP contribution in [0.4, 0.5) is 4.39 Å². The van der Waals surface area contributed by atoms with E-state index in [0.29, 0.717) is 29.8 Å². The van der Waals surface area contributed by atoms with Gasteiger partial charge in [0.15, 0.2) is 0 Å². The summed E-state index contributed by atoms with van der Waals surface area (Å²) in [5.74, 6) is -0.477. The van der Waals surface area contributed by atoms with Gasteiger partial charge in [-0.25, -0.2) is 4.39 Å². The molecule has 148 valence electrons. The van der Waals surface area contributed by atoms with Gasteiger partial charge in [0.2, 0.25) is 5.91 Å². The molecule has 2 amide bonds. The minimum atomic E-state index is -0.323. The lowest BCUT2D eigenvalue weighted by molar-refractivity contribution is -0.126. The van der Waals surface area contributed by atoms with E-state index in [4.69, 9.17) is 0 Å².